The molecule has 2 aliphatic rings. The van der Waals surface area contributed by atoms with E-state index in [0.717, 1.165) is 64.2 Å². The van der Waals surface area contributed by atoms with Gasteiger partial charge >= 0.3 is 0 Å². The molecule has 0 aliphatic carbocycles. The first-order valence-electron chi connectivity index (χ1n) is 9.29. The monoisotopic (exact) mass is 347 g/mol. The highest BCUT2D eigenvalue weighted by Gasteiger charge is 2.40. The molecule has 0 aromatic heterocycles. The van der Waals surface area contributed by atoms with Gasteiger partial charge in [-0.3, -0.25) is 4.79 Å². The first kappa shape index (κ1) is 18.2. The van der Waals surface area contributed by atoms with E-state index in [9.17, 15) is 4.79 Å². The van der Waals surface area contributed by atoms with E-state index in [2.05, 4.69) is 0 Å². The van der Waals surface area contributed by atoms with E-state index in [1.54, 1.807) is 7.11 Å². The van der Waals surface area contributed by atoms with Gasteiger partial charge in [0.05, 0.1) is 5.60 Å². The van der Waals surface area contributed by atoms with Crippen LogP contribution in [0.3, 0.4) is 0 Å². The predicted octanol–water partition coefficient (Wildman–Crippen LogP) is 2.89. The van der Waals surface area contributed by atoms with Gasteiger partial charge in [0.1, 0.15) is 5.75 Å². The summed E-state index contributed by atoms with van der Waals surface area (Å²) in [6, 6.07) is 9.49. The number of piperidine rings is 1. The van der Waals surface area contributed by atoms with Crippen molar-refractivity contribution in [3.8, 4) is 5.75 Å². The summed E-state index contributed by atoms with van der Waals surface area (Å²) in [6.45, 7) is 3.28. The summed E-state index contributed by atoms with van der Waals surface area (Å²) >= 11 is 0. The Morgan fingerprint density at radius 2 is 2.04 bits per heavy atom. The Hall–Kier alpha value is -1.59. The van der Waals surface area contributed by atoms with Gasteiger partial charge in [-0.25, -0.2) is 0 Å². The Morgan fingerprint density at radius 3 is 2.76 bits per heavy atom. The van der Waals surface area contributed by atoms with E-state index in [-0.39, 0.29) is 18.1 Å². The number of carbonyl (C=O) groups excluding carboxylic acids is 1. The molecule has 1 aromatic carbocycles. The average molecular weight is 347 g/mol. The Morgan fingerprint density at radius 1 is 1.28 bits per heavy atom. The summed E-state index contributed by atoms with van der Waals surface area (Å²) < 4.78 is 17.0. The number of rotatable bonds is 6. The minimum absolute atomic E-state index is 0.0340. The first-order chi connectivity index (χ1) is 12.2. The number of carbonyl (C=O) groups is 1. The second kappa shape index (κ2) is 8.68. The molecule has 5 heteroatoms. The summed E-state index contributed by atoms with van der Waals surface area (Å²) in [5, 5.41) is 0. The minimum atomic E-state index is -0.0340. The zero-order valence-corrected chi connectivity index (χ0v) is 15.1. The largest absolute Gasteiger partial charge is 0.484 e. The number of amides is 1. The van der Waals surface area contributed by atoms with Crippen molar-refractivity contribution in [3.05, 3.63) is 30.3 Å². The molecule has 1 atom stereocenters. The van der Waals surface area contributed by atoms with Crippen molar-refractivity contribution in [1.29, 1.82) is 0 Å². The smallest absolute Gasteiger partial charge is 0.260 e. The highest BCUT2D eigenvalue weighted by molar-refractivity contribution is 5.77. The molecule has 25 heavy (non-hydrogen) atoms. The van der Waals surface area contributed by atoms with Crippen LogP contribution in [0.5, 0.6) is 5.75 Å². The van der Waals surface area contributed by atoms with Gasteiger partial charge in [0.15, 0.2) is 6.61 Å². The van der Waals surface area contributed by atoms with Gasteiger partial charge in [0.2, 0.25) is 0 Å². The second-order valence-electron chi connectivity index (χ2n) is 7.15. The molecule has 5 nitrogen and oxygen atoms in total. The fourth-order valence-electron chi connectivity index (χ4n) is 3.93. The Bertz CT molecular complexity index is 540. The maximum absolute atomic E-state index is 12.4. The number of hydrogen-bond acceptors (Lipinski definition) is 4. The third-order valence-corrected chi connectivity index (χ3v) is 5.46. The molecule has 3 rings (SSSR count). The summed E-state index contributed by atoms with van der Waals surface area (Å²) in [6.07, 6.45) is 5.17. The quantitative estimate of drug-likeness (QED) is 0.794. The Kier molecular flexibility index (Phi) is 6.32. The van der Waals surface area contributed by atoms with E-state index < -0.39 is 0 Å². The highest BCUT2D eigenvalue weighted by Crippen LogP contribution is 2.38. The lowest BCUT2D eigenvalue weighted by Crippen LogP contribution is -2.51. The van der Waals surface area contributed by atoms with E-state index in [0.29, 0.717) is 5.92 Å². The van der Waals surface area contributed by atoms with E-state index >= 15 is 0 Å². The van der Waals surface area contributed by atoms with Crippen LogP contribution < -0.4 is 4.74 Å². The van der Waals surface area contributed by atoms with Gasteiger partial charge in [-0.2, -0.15) is 0 Å². The number of nitrogens with zero attached hydrogens (tertiary/aromatic N) is 1. The maximum atomic E-state index is 12.4. The van der Waals surface area contributed by atoms with Crippen LogP contribution in [0.1, 0.15) is 32.1 Å². The van der Waals surface area contributed by atoms with Crippen molar-refractivity contribution in [1.82, 2.24) is 4.90 Å². The van der Waals surface area contributed by atoms with Crippen LogP contribution in [0.4, 0.5) is 0 Å². The van der Waals surface area contributed by atoms with E-state index in [1.807, 2.05) is 35.2 Å². The number of ether oxygens (including phenoxy) is 3. The number of hydrogen-bond donors (Lipinski definition) is 0. The van der Waals surface area contributed by atoms with E-state index in [1.165, 1.54) is 0 Å². The lowest BCUT2D eigenvalue weighted by Gasteiger charge is -2.46. The van der Waals surface area contributed by atoms with Crippen LogP contribution in [-0.4, -0.2) is 56.4 Å². The molecule has 138 valence electrons. The van der Waals surface area contributed by atoms with Crippen LogP contribution in [0.15, 0.2) is 30.3 Å². The molecule has 1 spiro atoms. The number of benzene rings is 1. The minimum Gasteiger partial charge on any atom is -0.484 e. The van der Waals surface area contributed by atoms with Crippen molar-refractivity contribution in [2.24, 2.45) is 5.92 Å². The van der Waals surface area contributed by atoms with Crippen LogP contribution >= 0.6 is 0 Å². The molecule has 2 fully saturated rings. The molecule has 0 saturated carbocycles. The highest BCUT2D eigenvalue weighted by atomic mass is 16.5. The van der Waals surface area contributed by atoms with Gasteiger partial charge < -0.3 is 19.1 Å². The van der Waals surface area contributed by atoms with Crippen molar-refractivity contribution in [2.75, 3.05) is 40.0 Å². The predicted molar refractivity (Wildman–Crippen MR) is 95.7 cm³/mol. The molecule has 2 aliphatic heterocycles. The maximum Gasteiger partial charge on any atom is 0.260 e. The van der Waals surface area contributed by atoms with Crippen molar-refractivity contribution in [3.63, 3.8) is 0 Å². The molecule has 0 radical (unpaired) electrons. The number of methoxy groups -OCH3 is 1. The van der Waals surface area contributed by atoms with Crippen LogP contribution in [0, 0.1) is 5.92 Å². The van der Waals surface area contributed by atoms with Gasteiger partial charge in [0, 0.05) is 33.4 Å². The van der Waals surface area contributed by atoms with Crippen LogP contribution in [-0.2, 0) is 14.3 Å². The number of para-hydroxylation sites is 1. The molecule has 2 saturated heterocycles. The first-order valence-corrected chi connectivity index (χ1v) is 9.29. The summed E-state index contributed by atoms with van der Waals surface area (Å²) in [5.41, 5.74) is -0.0340. The Balaban J connectivity index is 1.45. The van der Waals surface area contributed by atoms with Gasteiger partial charge in [-0.05, 0) is 50.2 Å². The van der Waals surface area contributed by atoms with Gasteiger partial charge in [-0.1, -0.05) is 18.2 Å². The lowest BCUT2D eigenvalue weighted by molar-refractivity contribution is -0.149. The normalized spacial score (nSPS) is 22.8. The lowest BCUT2D eigenvalue weighted by atomic mass is 9.78. The third-order valence-electron chi connectivity index (χ3n) is 5.46. The molecule has 2 heterocycles. The standard InChI is InChI=1S/C20H29NO4/c1-23-13-7-17-8-14-25-20(15-17)9-11-21(12-10-20)19(22)16-24-18-5-3-2-4-6-18/h2-6,17H,7-16H2,1H3/t17-/m0/s1. The van der Waals surface area contributed by atoms with Gasteiger partial charge in [-0.15, -0.1) is 0 Å². The summed E-state index contributed by atoms with van der Waals surface area (Å²) in [4.78, 5) is 14.3. The zero-order valence-electron chi connectivity index (χ0n) is 15.1. The van der Waals surface area contributed by atoms with Crippen molar-refractivity contribution < 1.29 is 19.0 Å². The molecule has 0 bridgehead atoms. The molecule has 1 amide bonds. The van der Waals surface area contributed by atoms with Crippen LogP contribution in [0.25, 0.3) is 0 Å². The van der Waals surface area contributed by atoms with Gasteiger partial charge in [0.25, 0.3) is 5.91 Å². The van der Waals surface area contributed by atoms with Crippen molar-refractivity contribution >= 4 is 5.91 Å². The molecule has 1 aromatic rings. The molecular weight excluding hydrogens is 318 g/mol. The SMILES string of the molecule is COCC[C@H]1CCOC2(CCN(C(=O)COc3ccccc3)CC2)C1. The molecule has 0 unspecified atom stereocenters. The molecular formula is C20H29NO4. The summed E-state index contributed by atoms with van der Waals surface area (Å²) in [7, 11) is 1.76. The topological polar surface area (TPSA) is 48.0 Å². The second-order valence-corrected chi connectivity index (χ2v) is 7.15. The summed E-state index contributed by atoms with van der Waals surface area (Å²) in [5.74, 6) is 1.48. The van der Waals surface area contributed by atoms with E-state index in [4.69, 9.17) is 14.2 Å². The van der Waals surface area contributed by atoms with Crippen LogP contribution in [0.2, 0.25) is 0 Å². The third kappa shape index (κ3) is 4.95. The fourth-order valence-corrected chi connectivity index (χ4v) is 3.93. The fraction of sp³-hybridized carbons (Fsp3) is 0.650. The zero-order chi connectivity index (χ0) is 17.5. The van der Waals surface area contributed by atoms with Crippen molar-refractivity contribution in [2.45, 2.75) is 37.7 Å². The molecule has 0 N–H and O–H groups in total. The Labute approximate surface area is 150 Å². The number of likely N-dealkylation sites (tertiary alicyclic amines) is 1. The average Bonchev–Trinajstić information content (AvgIpc) is 2.66.